The minimum absolute atomic E-state index is 0.0505. The van der Waals surface area contributed by atoms with Crippen molar-refractivity contribution in [1.29, 1.82) is 0 Å². The smallest absolute Gasteiger partial charge is 0.317 e. The van der Waals surface area contributed by atoms with Gasteiger partial charge in [0.2, 0.25) is 23.6 Å². The van der Waals surface area contributed by atoms with Gasteiger partial charge in [-0.2, -0.15) is 0 Å². The predicted molar refractivity (Wildman–Crippen MR) is 335 cm³/mol. The topological polar surface area (TPSA) is 261 Å². The van der Waals surface area contributed by atoms with Crippen molar-refractivity contribution >= 4 is 105 Å². The van der Waals surface area contributed by atoms with Gasteiger partial charge < -0.3 is 46.3 Å². The third-order valence-corrected chi connectivity index (χ3v) is 16.2. The van der Waals surface area contributed by atoms with E-state index >= 15 is 0 Å². The van der Waals surface area contributed by atoms with Crippen molar-refractivity contribution in [1.82, 2.24) is 39.5 Å². The minimum Gasteiger partial charge on any atom is -0.480 e. The van der Waals surface area contributed by atoms with Gasteiger partial charge >= 0.3 is 11.9 Å². The van der Waals surface area contributed by atoms with Gasteiger partial charge in [-0.3, -0.25) is 43.5 Å². The molecule has 4 amide bonds. The highest BCUT2D eigenvalue weighted by Gasteiger charge is 2.26. The molecular weight excluding hydrogens is 1090 g/mol. The summed E-state index contributed by atoms with van der Waals surface area (Å²) in [6.45, 7) is 1.76. The van der Waals surface area contributed by atoms with Crippen LogP contribution in [0.15, 0.2) is 121 Å². The fourth-order valence-electron chi connectivity index (χ4n) is 11.9. The highest BCUT2D eigenvalue weighted by molar-refractivity contribution is 6.07. The van der Waals surface area contributed by atoms with Crippen LogP contribution in [0.1, 0.15) is 48.5 Å². The van der Waals surface area contributed by atoms with Gasteiger partial charge in [-0.05, 0) is 72.8 Å². The number of carbonyl (C=O) groups is 6. The first kappa shape index (κ1) is 56.6. The van der Waals surface area contributed by atoms with Crippen molar-refractivity contribution < 1.29 is 39.0 Å². The summed E-state index contributed by atoms with van der Waals surface area (Å²) in [5.41, 5.74) is 12.0. The number of para-hydroxylation sites is 4. The Balaban J connectivity index is 1.21. The molecule has 6 aliphatic rings. The number of fused-ring (bicyclic) bond motifs is 19. The summed E-state index contributed by atoms with van der Waals surface area (Å²) in [6.07, 6.45) is 7.71. The Morgan fingerprint density at radius 1 is 0.360 bits per heavy atom. The maximum atomic E-state index is 14.5. The summed E-state index contributed by atoms with van der Waals surface area (Å²) in [5.74, 6) is -3.36. The normalized spacial score (nSPS) is 18.1. The maximum absolute atomic E-state index is 14.5. The standard InChI is InChI=1S/C66H64N12O8/c79-57-25-29-75-30-26-58(80)72-46-14-6-2-10-42(46)64-50-18-17-49(67-50)63(41-9-1-5-13-45(41)71-57)51-19-21-53(68-51)65-43-11-3-7-15-47(43)73-59(81)27-31-77(39-61(83)84)37-35-76(34-33-75)36-38-78(40-62(85)86)32-28-60(82)74-48-16-8-4-12-44(48)66(54-22-20-52(64)69-54)56-24-23-55(65)70-56/h1-24,68-69H,25-40H2,(H,71,79)(H,72,80)(H,73,81)(H,74,82)(H,83,84)(H,85,86). The lowest BCUT2D eigenvalue weighted by Crippen LogP contribution is -2.45. The number of aliphatic carboxylic acids is 2. The summed E-state index contributed by atoms with van der Waals surface area (Å²) < 4.78 is 0. The second kappa shape index (κ2) is 25.2. The number of carboxylic acid groups (broad SMARTS) is 2. The SMILES string of the molecule is O=C(O)CN1CCC(=O)Nc2ccccc2-c2c3nc(c4c5ccc([nH]5)c5c6nc(c(c7ccc2[nH]7)-c2ccccc2NC(=O)CCN(CCC(=O)Nc2ccccc2-5)CCN(CC1)CCN(CC(=O)O)CCC(=O)Nc1ccccc1-4)C=C6)C=C3. The number of hydrogen-bond donors (Lipinski definition) is 8. The second-order valence-electron chi connectivity index (χ2n) is 21.9. The van der Waals surface area contributed by atoms with Gasteiger partial charge in [-0.25, -0.2) is 9.97 Å². The van der Waals surface area contributed by atoms with Crippen LogP contribution in [0.4, 0.5) is 22.7 Å². The Kier molecular flexibility index (Phi) is 16.6. The molecule has 9 heterocycles. The number of nitrogens with one attached hydrogen (secondary N) is 6. The number of aromatic amines is 2. The minimum atomic E-state index is -1.07. The lowest BCUT2D eigenvalue weighted by molar-refractivity contribution is -0.139. The lowest BCUT2D eigenvalue weighted by Gasteiger charge is -2.31. The maximum Gasteiger partial charge on any atom is 0.317 e. The molecular formula is C66H64N12O8. The van der Waals surface area contributed by atoms with Gasteiger partial charge in [0.25, 0.3) is 0 Å². The number of amides is 4. The van der Waals surface area contributed by atoms with E-state index in [4.69, 9.17) is 9.97 Å². The van der Waals surface area contributed by atoms with E-state index in [1.807, 2.05) is 146 Å². The van der Waals surface area contributed by atoms with Crippen molar-refractivity contribution in [3.8, 4) is 44.5 Å². The molecule has 0 unspecified atom stereocenters. The van der Waals surface area contributed by atoms with Crippen LogP contribution in [-0.4, -0.2) is 164 Å². The van der Waals surface area contributed by atoms with Crippen LogP contribution in [0.5, 0.6) is 0 Å². The fraction of sp³-hybridized carbons (Fsp3) is 0.242. The molecule has 7 aromatic rings. The van der Waals surface area contributed by atoms with Crippen molar-refractivity contribution in [3.05, 3.63) is 144 Å². The number of anilines is 4. The van der Waals surface area contributed by atoms with Crippen molar-refractivity contribution in [3.63, 3.8) is 0 Å². The average Bonchev–Trinajstić information content (AvgIpc) is 2.17. The molecule has 20 nitrogen and oxygen atoms in total. The highest BCUT2D eigenvalue weighted by Crippen LogP contribution is 2.43. The molecule has 8 N–H and O–H groups in total. The van der Waals surface area contributed by atoms with E-state index in [0.29, 0.717) is 138 Å². The molecule has 0 fully saturated rings. The Morgan fingerprint density at radius 2 is 0.628 bits per heavy atom. The molecule has 20 heteroatoms. The fourth-order valence-corrected chi connectivity index (χ4v) is 11.9. The molecule has 86 heavy (non-hydrogen) atoms. The van der Waals surface area contributed by atoms with Gasteiger partial charge in [-0.1, -0.05) is 72.8 Å². The molecule has 3 aromatic heterocycles. The van der Waals surface area contributed by atoms with Gasteiger partial charge in [0.1, 0.15) is 0 Å². The Hall–Kier alpha value is -9.86. The van der Waals surface area contributed by atoms with Gasteiger partial charge in [0.05, 0.1) is 35.9 Å². The summed E-state index contributed by atoms with van der Waals surface area (Å²) >= 11 is 0. The predicted octanol–water partition coefficient (Wildman–Crippen LogP) is 9.06. The lowest BCUT2D eigenvalue weighted by atomic mass is 10.0. The van der Waals surface area contributed by atoms with Crippen LogP contribution in [0, 0.1) is 0 Å². The number of rotatable bonds is 4. The molecule has 436 valence electrons. The number of carbonyl (C=O) groups excluding carboxylic acids is 4. The molecule has 0 saturated heterocycles. The highest BCUT2D eigenvalue weighted by atomic mass is 16.4. The van der Waals surface area contributed by atoms with Crippen LogP contribution < -0.4 is 21.3 Å². The van der Waals surface area contributed by atoms with Crippen molar-refractivity contribution in [2.45, 2.75) is 25.7 Å². The molecule has 6 aliphatic heterocycles. The molecule has 14 bridgehead atoms. The average molecular weight is 1150 g/mol. The first-order valence-corrected chi connectivity index (χ1v) is 28.9. The quantitative estimate of drug-likeness (QED) is 0.0818. The zero-order valence-electron chi connectivity index (χ0n) is 47.2. The monoisotopic (exact) mass is 1150 g/mol. The molecule has 0 radical (unpaired) electrons. The van der Waals surface area contributed by atoms with E-state index in [0.717, 1.165) is 0 Å². The van der Waals surface area contributed by atoms with Gasteiger partial charge in [0, 0.05) is 180 Å². The van der Waals surface area contributed by atoms with Crippen LogP contribution in [-0.2, 0) is 28.8 Å². The van der Waals surface area contributed by atoms with E-state index in [9.17, 15) is 39.0 Å². The van der Waals surface area contributed by atoms with Crippen LogP contribution in [0.25, 0.3) is 90.9 Å². The number of hydrogen-bond acceptors (Lipinski definition) is 12. The van der Waals surface area contributed by atoms with E-state index in [1.54, 1.807) is 9.80 Å². The first-order chi connectivity index (χ1) is 41.9. The summed E-state index contributed by atoms with van der Waals surface area (Å²) in [5, 5.41) is 33.3. The molecule has 0 saturated carbocycles. The Morgan fingerprint density at radius 3 is 0.930 bits per heavy atom. The summed E-state index contributed by atoms with van der Waals surface area (Å²) in [7, 11) is 0. The number of nitrogens with zero attached hydrogens (tertiary/aromatic N) is 6. The zero-order chi connectivity index (χ0) is 59.3. The Labute approximate surface area is 495 Å². The first-order valence-electron chi connectivity index (χ1n) is 28.9. The van der Waals surface area contributed by atoms with E-state index in [2.05, 4.69) is 41.0 Å². The second-order valence-corrected chi connectivity index (χ2v) is 21.9. The molecule has 0 spiro atoms. The largest absolute Gasteiger partial charge is 0.480 e. The van der Waals surface area contributed by atoms with Gasteiger partial charge in [0.15, 0.2) is 0 Å². The van der Waals surface area contributed by atoms with Crippen molar-refractivity contribution in [2.24, 2.45) is 0 Å². The van der Waals surface area contributed by atoms with E-state index < -0.39 is 11.9 Å². The summed E-state index contributed by atoms with van der Waals surface area (Å²) in [4.78, 5) is 109. The van der Waals surface area contributed by atoms with Crippen LogP contribution >= 0.6 is 0 Å². The number of aromatic nitrogens is 4. The van der Waals surface area contributed by atoms with Gasteiger partial charge in [-0.15, -0.1) is 0 Å². The van der Waals surface area contributed by atoms with Crippen LogP contribution in [0.3, 0.4) is 0 Å². The Bertz CT molecular complexity index is 3840. The van der Waals surface area contributed by atoms with E-state index in [-0.39, 0.29) is 102 Å². The molecule has 0 aliphatic carbocycles. The number of H-pyrrole nitrogens is 2. The molecule has 4 aromatic carbocycles. The summed E-state index contributed by atoms with van der Waals surface area (Å²) in [6, 6.07) is 38.0. The number of carboxylic acids is 2. The third-order valence-electron chi connectivity index (χ3n) is 16.2. The molecule has 13 rings (SSSR count). The van der Waals surface area contributed by atoms with E-state index in [1.165, 1.54) is 0 Å². The third kappa shape index (κ3) is 12.6. The molecule has 0 atom stereocenters. The van der Waals surface area contributed by atoms with Crippen molar-refractivity contribution in [2.75, 3.05) is 99.8 Å². The number of benzene rings is 4. The zero-order valence-corrected chi connectivity index (χ0v) is 47.2. The van der Waals surface area contributed by atoms with Crippen LogP contribution in [0.2, 0.25) is 0 Å².